The lowest BCUT2D eigenvalue weighted by atomic mass is 10.1. The normalized spacial score (nSPS) is 11.2. The van der Waals surface area contributed by atoms with Crippen LogP contribution < -0.4 is 5.43 Å². The van der Waals surface area contributed by atoms with E-state index in [0.717, 1.165) is 10.9 Å². The summed E-state index contributed by atoms with van der Waals surface area (Å²) in [7, 11) is 0. The topological polar surface area (TPSA) is 43.4 Å². The second-order valence-electron chi connectivity index (χ2n) is 4.62. The molecule has 0 saturated carbocycles. The van der Waals surface area contributed by atoms with Crippen LogP contribution in [-0.4, -0.2) is 0 Å². The first kappa shape index (κ1) is 11.1. The van der Waals surface area contributed by atoms with Gasteiger partial charge in [0.05, 0.1) is 17.0 Å². The average Bonchev–Trinajstić information content (AvgIpc) is 2.97. The maximum absolute atomic E-state index is 12.2. The summed E-state index contributed by atoms with van der Waals surface area (Å²) in [4.78, 5) is 12.2. The highest BCUT2D eigenvalue weighted by atomic mass is 16.3. The van der Waals surface area contributed by atoms with E-state index in [1.807, 2.05) is 36.4 Å². The van der Waals surface area contributed by atoms with Gasteiger partial charge in [-0.2, -0.15) is 0 Å². The van der Waals surface area contributed by atoms with E-state index in [-0.39, 0.29) is 5.43 Å². The fraction of sp³-hybridized carbons (Fsp3) is 0. The summed E-state index contributed by atoms with van der Waals surface area (Å²) in [6.07, 6.45) is 1.60. The summed E-state index contributed by atoms with van der Waals surface area (Å²) in [5, 5.41) is 1.39. The first-order chi connectivity index (χ1) is 9.83. The summed E-state index contributed by atoms with van der Waals surface area (Å²) >= 11 is 0. The van der Waals surface area contributed by atoms with Crippen molar-refractivity contribution in [1.29, 1.82) is 0 Å². The van der Waals surface area contributed by atoms with Crippen molar-refractivity contribution in [3.8, 4) is 11.3 Å². The fourth-order valence-corrected chi connectivity index (χ4v) is 2.40. The second kappa shape index (κ2) is 4.10. The van der Waals surface area contributed by atoms with Gasteiger partial charge in [-0.1, -0.05) is 30.3 Å². The molecule has 4 aromatic rings. The summed E-state index contributed by atoms with van der Waals surface area (Å²) in [5.41, 5.74) is 2.12. The molecule has 0 aliphatic heterocycles. The molecule has 4 rings (SSSR count). The maximum atomic E-state index is 12.2. The number of hydrogen-bond donors (Lipinski definition) is 0. The molecule has 0 aliphatic rings. The standard InChI is InChI=1S/C17H10O3/c18-14-10-16(11-4-2-1-3-5-11)20-17-12(14)6-7-15-13(17)8-9-19-15/h1-10H. The van der Waals surface area contributed by atoms with E-state index in [1.165, 1.54) is 6.07 Å². The Balaban J connectivity index is 2.13. The van der Waals surface area contributed by atoms with E-state index in [4.69, 9.17) is 8.83 Å². The lowest BCUT2D eigenvalue weighted by Gasteiger charge is -2.03. The zero-order chi connectivity index (χ0) is 13.5. The molecule has 3 nitrogen and oxygen atoms in total. The number of benzene rings is 2. The quantitative estimate of drug-likeness (QED) is 0.516. The van der Waals surface area contributed by atoms with Gasteiger partial charge in [-0.25, -0.2) is 0 Å². The Morgan fingerprint density at radius 1 is 0.850 bits per heavy atom. The van der Waals surface area contributed by atoms with Gasteiger partial charge in [0.2, 0.25) is 0 Å². The zero-order valence-corrected chi connectivity index (χ0v) is 10.5. The number of fused-ring (bicyclic) bond motifs is 3. The molecule has 96 valence electrons. The fourth-order valence-electron chi connectivity index (χ4n) is 2.40. The SMILES string of the molecule is O=c1cc(-c2ccccc2)oc2c1ccc1occc12. The van der Waals surface area contributed by atoms with E-state index in [2.05, 4.69) is 0 Å². The number of rotatable bonds is 1. The molecule has 2 aromatic carbocycles. The largest absolute Gasteiger partial charge is 0.464 e. The maximum Gasteiger partial charge on any atom is 0.193 e. The predicted octanol–water partition coefficient (Wildman–Crippen LogP) is 4.21. The molecule has 0 aliphatic carbocycles. The van der Waals surface area contributed by atoms with Crippen molar-refractivity contribution in [2.24, 2.45) is 0 Å². The molecule has 0 unspecified atom stereocenters. The van der Waals surface area contributed by atoms with Crippen molar-refractivity contribution in [2.45, 2.75) is 0 Å². The third-order valence-electron chi connectivity index (χ3n) is 3.38. The van der Waals surface area contributed by atoms with Crippen LogP contribution in [0.2, 0.25) is 0 Å². The Morgan fingerprint density at radius 3 is 2.55 bits per heavy atom. The Kier molecular flexibility index (Phi) is 2.27. The van der Waals surface area contributed by atoms with Crippen LogP contribution in [0.4, 0.5) is 0 Å². The van der Waals surface area contributed by atoms with E-state index >= 15 is 0 Å². The molecular weight excluding hydrogens is 252 g/mol. The molecule has 3 heteroatoms. The lowest BCUT2D eigenvalue weighted by Crippen LogP contribution is -2.00. The molecule has 0 spiro atoms. The van der Waals surface area contributed by atoms with Crippen molar-refractivity contribution in [2.75, 3.05) is 0 Å². The van der Waals surface area contributed by atoms with Crippen LogP contribution in [0.25, 0.3) is 33.3 Å². The van der Waals surface area contributed by atoms with Gasteiger partial charge in [0.1, 0.15) is 16.9 Å². The van der Waals surface area contributed by atoms with Crippen molar-refractivity contribution in [1.82, 2.24) is 0 Å². The van der Waals surface area contributed by atoms with E-state index < -0.39 is 0 Å². The molecule has 0 N–H and O–H groups in total. The molecule has 20 heavy (non-hydrogen) atoms. The number of hydrogen-bond acceptors (Lipinski definition) is 3. The van der Waals surface area contributed by atoms with Gasteiger partial charge in [0, 0.05) is 11.6 Å². The summed E-state index contributed by atoms with van der Waals surface area (Å²) < 4.78 is 11.3. The van der Waals surface area contributed by atoms with Crippen LogP contribution in [0.1, 0.15) is 0 Å². The molecule has 0 atom stereocenters. The van der Waals surface area contributed by atoms with Crippen molar-refractivity contribution >= 4 is 21.9 Å². The predicted molar refractivity (Wildman–Crippen MR) is 77.7 cm³/mol. The van der Waals surface area contributed by atoms with E-state index in [1.54, 1.807) is 18.4 Å². The van der Waals surface area contributed by atoms with Gasteiger partial charge in [0.15, 0.2) is 5.43 Å². The minimum Gasteiger partial charge on any atom is -0.464 e. The van der Waals surface area contributed by atoms with Gasteiger partial charge in [0.25, 0.3) is 0 Å². The minimum atomic E-state index is -0.0480. The lowest BCUT2D eigenvalue weighted by molar-refractivity contribution is 0.612. The van der Waals surface area contributed by atoms with Crippen molar-refractivity contribution in [3.05, 3.63) is 71.1 Å². The van der Waals surface area contributed by atoms with Gasteiger partial charge in [-0.05, 0) is 18.2 Å². The molecule has 0 saturated heterocycles. The van der Waals surface area contributed by atoms with Crippen molar-refractivity contribution in [3.63, 3.8) is 0 Å². The Hall–Kier alpha value is -2.81. The van der Waals surface area contributed by atoms with Crippen LogP contribution in [0.15, 0.2) is 74.5 Å². The monoisotopic (exact) mass is 262 g/mol. The minimum absolute atomic E-state index is 0.0480. The highest BCUT2D eigenvalue weighted by Crippen LogP contribution is 2.28. The molecular formula is C17H10O3. The third kappa shape index (κ3) is 1.57. The van der Waals surface area contributed by atoms with Gasteiger partial charge < -0.3 is 8.83 Å². The third-order valence-corrected chi connectivity index (χ3v) is 3.38. The van der Waals surface area contributed by atoms with Gasteiger partial charge >= 0.3 is 0 Å². The second-order valence-corrected chi connectivity index (χ2v) is 4.62. The molecule has 2 heterocycles. The smallest absolute Gasteiger partial charge is 0.193 e. The Morgan fingerprint density at radius 2 is 1.70 bits per heavy atom. The van der Waals surface area contributed by atoms with Crippen LogP contribution in [0.5, 0.6) is 0 Å². The summed E-state index contributed by atoms with van der Waals surface area (Å²) in [6, 6.07) is 16.5. The number of furan rings is 1. The van der Waals surface area contributed by atoms with Gasteiger partial charge in [-0.15, -0.1) is 0 Å². The van der Waals surface area contributed by atoms with Crippen LogP contribution in [0, 0.1) is 0 Å². The van der Waals surface area contributed by atoms with Crippen LogP contribution in [-0.2, 0) is 0 Å². The Labute approximate surface area is 114 Å². The first-order valence-electron chi connectivity index (χ1n) is 6.32. The van der Waals surface area contributed by atoms with Crippen molar-refractivity contribution < 1.29 is 8.83 Å². The van der Waals surface area contributed by atoms with E-state index in [9.17, 15) is 4.79 Å². The van der Waals surface area contributed by atoms with Crippen LogP contribution in [0.3, 0.4) is 0 Å². The first-order valence-corrected chi connectivity index (χ1v) is 6.32. The van der Waals surface area contributed by atoms with E-state index in [0.29, 0.717) is 22.3 Å². The molecule has 0 amide bonds. The highest BCUT2D eigenvalue weighted by Gasteiger charge is 2.10. The summed E-state index contributed by atoms with van der Waals surface area (Å²) in [6.45, 7) is 0. The molecule has 2 aromatic heterocycles. The Bertz CT molecular complexity index is 962. The highest BCUT2D eigenvalue weighted by molar-refractivity contribution is 6.02. The average molecular weight is 262 g/mol. The van der Waals surface area contributed by atoms with Crippen LogP contribution >= 0.6 is 0 Å². The molecule has 0 fully saturated rings. The van der Waals surface area contributed by atoms with Gasteiger partial charge in [-0.3, -0.25) is 4.79 Å². The molecule has 0 bridgehead atoms. The zero-order valence-electron chi connectivity index (χ0n) is 10.5. The summed E-state index contributed by atoms with van der Waals surface area (Å²) in [5.74, 6) is 0.566. The molecule has 0 radical (unpaired) electrons.